The van der Waals surface area contributed by atoms with Crippen LogP contribution in [0.3, 0.4) is 0 Å². The van der Waals surface area contributed by atoms with Gasteiger partial charge >= 0.3 is 5.97 Å². The summed E-state index contributed by atoms with van der Waals surface area (Å²) in [6.07, 6.45) is -0.833. The molecule has 2 aliphatic rings. The third-order valence-corrected chi connectivity index (χ3v) is 8.18. The van der Waals surface area contributed by atoms with Crippen LogP contribution in [0.4, 0.5) is 0 Å². The number of carbonyl (C=O) groups is 2. The molecule has 1 fully saturated rings. The number of carboxylic acids is 1. The number of thiophene rings is 1. The van der Waals surface area contributed by atoms with Crippen LogP contribution in [-0.4, -0.2) is 53.6 Å². The van der Waals surface area contributed by atoms with Gasteiger partial charge < -0.3 is 10.2 Å². The van der Waals surface area contributed by atoms with E-state index in [4.69, 9.17) is 0 Å². The van der Waals surface area contributed by atoms with E-state index in [1.165, 1.54) is 46.7 Å². The third kappa shape index (κ3) is 3.18. The fourth-order valence-corrected chi connectivity index (χ4v) is 7.04. The first-order chi connectivity index (χ1) is 12.9. The van der Waals surface area contributed by atoms with Crippen molar-refractivity contribution in [1.29, 1.82) is 0 Å². The van der Waals surface area contributed by atoms with Crippen LogP contribution in [0, 0.1) is 5.92 Å². The molecule has 0 aliphatic carbocycles. The zero-order chi connectivity index (χ0) is 19.3. The summed E-state index contributed by atoms with van der Waals surface area (Å²) in [5.41, 5.74) is -0.0612. The Labute approximate surface area is 171 Å². The molecule has 1 amide bonds. The smallest absolute Gasteiger partial charge is 0.354 e. The van der Waals surface area contributed by atoms with Gasteiger partial charge in [-0.05, 0) is 18.4 Å². The lowest BCUT2D eigenvalue weighted by Gasteiger charge is -2.43. The number of carbonyl (C=O) groups excluding carboxylic acids is 1. The van der Waals surface area contributed by atoms with Crippen molar-refractivity contribution in [2.75, 3.05) is 0 Å². The van der Waals surface area contributed by atoms with Crippen molar-refractivity contribution in [1.82, 2.24) is 20.1 Å². The lowest BCUT2D eigenvalue weighted by Crippen LogP contribution is -2.60. The van der Waals surface area contributed by atoms with Crippen LogP contribution in [0.1, 0.15) is 17.3 Å². The van der Waals surface area contributed by atoms with Crippen LogP contribution >= 0.6 is 47.5 Å². The van der Waals surface area contributed by atoms with Gasteiger partial charge in [0, 0.05) is 0 Å². The van der Waals surface area contributed by atoms with Gasteiger partial charge in [0.15, 0.2) is 11.5 Å². The largest absolute Gasteiger partial charge is 0.477 e. The van der Waals surface area contributed by atoms with Crippen molar-refractivity contribution in [3.05, 3.63) is 33.3 Å². The minimum atomic E-state index is -1.18. The minimum absolute atomic E-state index is 0.0612. The Morgan fingerprint density at radius 3 is 2.93 bits per heavy atom. The molecule has 4 heterocycles. The number of thioether (sulfide) groups is 2. The van der Waals surface area contributed by atoms with Crippen molar-refractivity contribution in [2.45, 2.75) is 23.0 Å². The normalized spacial score (nSPS) is 24.0. The maximum absolute atomic E-state index is 12.2. The second kappa shape index (κ2) is 7.17. The highest BCUT2D eigenvalue weighted by atomic mass is 32.2. The fourth-order valence-electron chi connectivity index (χ4n) is 2.89. The van der Waals surface area contributed by atoms with Gasteiger partial charge in [-0.25, -0.2) is 9.78 Å². The van der Waals surface area contributed by atoms with Crippen LogP contribution in [0.2, 0.25) is 0 Å². The van der Waals surface area contributed by atoms with Crippen molar-refractivity contribution < 1.29 is 19.8 Å². The predicted molar refractivity (Wildman–Crippen MR) is 107 cm³/mol. The second-order valence-corrected chi connectivity index (χ2v) is 10.2. The topological polar surface area (TPSA) is 119 Å². The van der Waals surface area contributed by atoms with Crippen molar-refractivity contribution in [3.63, 3.8) is 0 Å². The molecular weight excluding hydrogens is 428 g/mol. The Hall–Kier alpha value is -1.47. The predicted octanol–water partition coefficient (Wildman–Crippen LogP) is 2.36. The van der Waals surface area contributed by atoms with Crippen LogP contribution in [0.25, 0.3) is 10.7 Å². The number of fused-ring (bicyclic) bond motifs is 1. The Bertz CT molecular complexity index is 926. The molecule has 1 unspecified atom stereocenters. The number of rotatable bonds is 6. The SMILES string of the molecule is C[C@@H](O)[C@H]1C(=O)N2C(C(=O)O)=C(SC(S)c3nc(-c4cccs4)n[nH]3)S[C@H]12. The average Bonchev–Trinajstić information content (AvgIpc) is 3.32. The number of amides is 1. The molecule has 4 atom stereocenters. The summed E-state index contributed by atoms with van der Waals surface area (Å²) in [7, 11) is 0. The Balaban J connectivity index is 1.55. The number of aliphatic hydroxyl groups is 1. The lowest BCUT2D eigenvalue weighted by atomic mass is 9.92. The van der Waals surface area contributed by atoms with Crippen LogP contribution in [-0.2, 0) is 9.59 Å². The number of hydrogen-bond acceptors (Lipinski definition) is 9. The van der Waals surface area contributed by atoms with Gasteiger partial charge in [0.1, 0.15) is 15.8 Å². The molecule has 27 heavy (non-hydrogen) atoms. The number of hydrogen-bond donors (Lipinski definition) is 4. The Morgan fingerprint density at radius 1 is 1.52 bits per heavy atom. The number of aliphatic hydroxyl groups excluding tert-OH is 1. The first-order valence-corrected chi connectivity index (χ1v) is 11.0. The van der Waals surface area contributed by atoms with Crippen molar-refractivity contribution in [2.24, 2.45) is 5.92 Å². The van der Waals surface area contributed by atoms with E-state index in [9.17, 15) is 19.8 Å². The van der Waals surface area contributed by atoms with E-state index in [2.05, 4.69) is 27.8 Å². The summed E-state index contributed by atoms with van der Waals surface area (Å²) in [4.78, 5) is 30.5. The molecule has 2 aromatic heterocycles. The molecule has 12 heteroatoms. The summed E-state index contributed by atoms with van der Waals surface area (Å²) in [6.45, 7) is 1.54. The van der Waals surface area contributed by atoms with Gasteiger partial charge in [-0.2, -0.15) is 17.7 Å². The van der Waals surface area contributed by atoms with Crippen LogP contribution in [0.15, 0.2) is 27.4 Å². The second-order valence-electron chi connectivity index (χ2n) is 5.92. The minimum Gasteiger partial charge on any atom is -0.477 e. The Kier molecular flexibility index (Phi) is 5.01. The van der Waals surface area contributed by atoms with Crippen LogP contribution in [0.5, 0.6) is 0 Å². The molecule has 0 saturated carbocycles. The number of nitrogens with one attached hydrogen (secondary N) is 1. The number of aromatic nitrogens is 3. The highest BCUT2D eigenvalue weighted by Gasteiger charge is 2.57. The van der Waals surface area contributed by atoms with E-state index in [-0.39, 0.29) is 11.6 Å². The monoisotopic (exact) mass is 442 g/mol. The molecule has 4 rings (SSSR count). The van der Waals surface area contributed by atoms with E-state index in [1.807, 2.05) is 17.5 Å². The molecule has 0 bridgehead atoms. The number of nitrogens with zero attached hydrogens (tertiary/aromatic N) is 3. The zero-order valence-electron chi connectivity index (χ0n) is 13.8. The first kappa shape index (κ1) is 18.9. The Morgan fingerprint density at radius 2 is 2.30 bits per heavy atom. The van der Waals surface area contributed by atoms with Gasteiger partial charge in [-0.15, -0.1) is 11.3 Å². The molecule has 2 aromatic rings. The number of aliphatic carboxylic acids is 1. The van der Waals surface area contributed by atoms with Gasteiger partial charge in [-0.3, -0.25) is 14.8 Å². The van der Waals surface area contributed by atoms with Crippen molar-refractivity contribution in [3.8, 4) is 10.7 Å². The van der Waals surface area contributed by atoms with Crippen molar-refractivity contribution >= 4 is 59.4 Å². The van der Waals surface area contributed by atoms with E-state index < -0.39 is 27.9 Å². The molecular formula is C15H14N4O4S4. The van der Waals surface area contributed by atoms with E-state index in [0.717, 1.165) is 4.88 Å². The number of β-lactam (4-membered cyclic amide) rings is 1. The van der Waals surface area contributed by atoms with Gasteiger partial charge in [-0.1, -0.05) is 29.6 Å². The molecule has 3 N–H and O–H groups in total. The summed E-state index contributed by atoms with van der Waals surface area (Å²) in [5, 5.41) is 27.9. The molecule has 0 spiro atoms. The highest BCUT2D eigenvalue weighted by molar-refractivity contribution is 8.26. The van der Waals surface area contributed by atoms with Crippen LogP contribution < -0.4 is 0 Å². The standard InChI is InChI=1S/C15H14N4O4S4/c1-5(20)7-11(21)19-8(13(22)23)15(26-12(7)19)27-14(24)10-16-9(17-18-10)6-3-2-4-25-6/h2-5,7,12,14,20,24H,1H3,(H,22,23)(H,16,17,18)/t5-,7+,12-,14?/m1/s1. The molecule has 1 saturated heterocycles. The third-order valence-electron chi connectivity index (χ3n) is 4.17. The molecule has 2 aliphatic heterocycles. The van der Waals surface area contributed by atoms with E-state index >= 15 is 0 Å². The first-order valence-electron chi connectivity index (χ1n) is 7.84. The molecule has 0 radical (unpaired) electrons. The highest BCUT2D eigenvalue weighted by Crippen LogP contribution is 2.56. The summed E-state index contributed by atoms with van der Waals surface area (Å²) in [6, 6.07) is 3.81. The summed E-state index contributed by atoms with van der Waals surface area (Å²) >= 11 is 8.49. The number of carboxylic acid groups (broad SMARTS) is 1. The maximum atomic E-state index is 12.2. The zero-order valence-corrected chi connectivity index (χ0v) is 17.1. The van der Waals surface area contributed by atoms with Gasteiger partial charge in [0.2, 0.25) is 5.91 Å². The molecule has 142 valence electrons. The number of H-pyrrole nitrogens is 1. The van der Waals surface area contributed by atoms with E-state index in [0.29, 0.717) is 15.9 Å². The quantitative estimate of drug-likeness (QED) is 0.306. The molecule has 0 aromatic carbocycles. The average molecular weight is 443 g/mol. The maximum Gasteiger partial charge on any atom is 0.354 e. The van der Waals surface area contributed by atoms with Gasteiger partial charge in [0.05, 0.1) is 21.1 Å². The molecule has 8 nitrogen and oxygen atoms in total. The summed E-state index contributed by atoms with van der Waals surface area (Å²) in [5.74, 6) is -1.10. The van der Waals surface area contributed by atoms with E-state index in [1.54, 1.807) is 0 Å². The number of aromatic amines is 1. The number of thiol groups is 1. The fraction of sp³-hybridized carbons (Fsp3) is 0.333. The van der Waals surface area contributed by atoms with Gasteiger partial charge in [0.25, 0.3) is 0 Å². The lowest BCUT2D eigenvalue weighted by molar-refractivity contribution is -0.156. The summed E-state index contributed by atoms with van der Waals surface area (Å²) < 4.78 is -0.0139.